The van der Waals surface area contributed by atoms with Gasteiger partial charge < -0.3 is 5.11 Å². The number of alkyl halides is 3. The third-order valence-electron chi connectivity index (χ3n) is 2.25. The van der Waals surface area contributed by atoms with Crippen LogP contribution in [-0.4, -0.2) is 11.0 Å². The van der Waals surface area contributed by atoms with E-state index in [4.69, 9.17) is 0 Å². The Morgan fingerprint density at radius 3 is 2.37 bits per heavy atom. The van der Waals surface area contributed by atoms with E-state index in [0.717, 1.165) is 29.1 Å². The molecule has 1 aromatic heterocycles. The predicted molar refractivity (Wildman–Crippen MR) is 57.8 cm³/mol. The number of benzene rings is 1. The molecule has 0 bridgehead atoms. The highest BCUT2D eigenvalue weighted by molar-refractivity contribution is 5.90. The highest BCUT2D eigenvalue weighted by Crippen LogP contribution is 2.28. The molecule has 4 nitrogen and oxygen atoms in total. The summed E-state index contributed by atoms with van der Waals surface area (Å²) in [6.45, 7) is 0. The van der Waals surface area contributed by atoms with Gasteiger partial charge in [0.1, 0.15) is 0 Å². The molecule has 0 spiro atoms. The van der Waals surface area contributed by atoms with Crippen LogP contribution in [0.5, 0.6) is 0 Å². The van der Waals surface area contributed by atoms with Crippen LogP contribution < -0.4 is 9.90 Å². The Labute approximate surface area is 106 Å². The van der Waals surface area contributed by atoms with E-state index < -0.39 is 17.6 Å². The SMILES string of the molecule is [O-]C(=N[n+]1ccccn1)c1ccc(C(F)(F)F)cc1. The lowest BCUT2D eigenvalue weighted by Gasteiger charge is -2.09. The third kappa shape index (κ3) is 3.27. The van der Waals surface area contributed by atoms with Crippen LogP contribution in [-0.2, 0) is 6.18 Å². The van der Waals surface area contributed by atoms with Gasteiger partial charge in [-0.3, -0.25) is 0 Å². The zero-order chi connectivity index (χ0) is 13.9. The normalized spacial score (nSPS) is 12.5. The van der Waals surface area contributed by atoms with Crippen molar-refractivity contribution >= 4 is 5.90 Å². The van der Waals surface area contributed by atoms with Crippen molar-refractivity contribution in [3.8, 4) is 0 Å². The number of hydrogen-bond donors (Lipinski definition) is 0. The van der Waals surface area contributed by atoms with Crippen LogP contribution in [0.25, 0.3) is 0 Å². The van der Waals surface area contributed by atoms with Crippen LogP contribution in [0.3, 0.4) is 0 Å². The Morgan fingerprint density at radius 1 is 1.16 bits per heavy atom. The summed E-state index contributed by atoms with van der Waals surface area (Å²) < 4.78 is 37.0. The molecule has 0 fully saturated rings. The van der Waals surface area contributed by atoms with Gasteiger partial charge in [-0.2, -0.15) is 13.2 Å². The van der Waals surface area contributed by atoms with Gasteiger partial charge in [0.25, 0.3) is 0 Å². The lowest BCUT2D eigenvalue weighted by molar-refractivity contribution is -0.739. The molecule has 0 saturated carbocycles. The summed E-state index contributed by atoms with van der Waals surface area (Å²) in [4.78, 5) is 1.04. The number of nitrogens with zero attached hydrogens (tertiary/aromatic N) is 3. The Hall–Kier alpha value is -2.44. The van der Waals surface area contributed by atoms with E-state index in [2.05, 4.69) is 10.2 Å². The van der Waals surface area contributed by atoms with Crippen molar-refractivity contribution in [2.75, 3.05) is 0 Å². The lowest BCUT2D eigenvalue weighted by atomic mass is 10.1. The molecule has 2 rings (SSSR count). The first-order valence-electron chi connectivity index (χ1n) is 5.23. The van der Waals surface area contributed by atoms with Gasteiger partial charge in [0.15, 0.2) is 0 Å². The summed E-state index contributed by atoms with van der Waals surface area (Å²) >= 11 is 0. The van der Waals surface area contributed by atoms with Crippen molar-refractivity contribution in [2.24, 2.45) is 5.10 Å². The van der Waals surface area contributed by atoms with E-state index >= 15 is 0 Å². The van der Waals surface area contributed by atoms with E-state index in [1.807, 2.05) is 0 Å². The van der Waals surface area contributed by atoms with E-state index in [-0.39, 0.29) is 5.56 Å². The van der Waals surface area contributed by atoms with Gasteiger partial charge in [-0.05, 0) is 23.8 Å². The topological polar surface area (TPSA) is 52.2 Å². The second kappa shape index (κ2) is 5.05. The molecule has 0 aliphatic rings. The maximum Gasteiger partial charge on any atom is 0.416 e. The first kappa shape index (κ1) is 13.0. The van der Waals surface area contributed by atoms with Gasteiger partial charge >= 0.3 is 6.18 Å². The molecule has 0 atom stereocenters. The van der Waals surface area contributed by atoms with Gasteiger partial charge in [-0.25, -0.2) is 0 Å². The Bertz CT molecular complexity index is 579. The average molecular weight is 267 g/mol. The summed E-state index contributed by atoms with van der Waals surface area (Å²) in [7, 11) is 0. The number of hydrogen-bond acceptors (Lipinski definition) is 3. The highest BCUT2D eigenvalue weighted by Gasteiger charge is 2.29. The van der Waals surface area contributed by atoms with E-state index in [1.54, 1.807) is 12.1 Å². The van der Waals surface area contributed by atoms with E-state index in [1.165, 1.54) is 12.4 Å². The Morgan fingerprint density at radius 2 is 1.84 bits per heavy atom. The molecule has 0 N–H and O–H groups in total. The van der Waals surface area contributed by atoms with Crippen LogP contribution in [0.15, 0.2) is 53.9 Å². The number of aromatic nitrogens is 2. The number of halogens is 3. The second-order valence-corrected chi connectivity index (χ2v) is 3.60. The molecule has 2 aromatic rings. The van der Waals surface area contributed by atoms with Crippen molar-refractivity contribution in [3.05, 3.63) is 59.9 Å². The fourth-order valence-electron chi connectivity index (χ4n) is 1.33. The van der Waals surface area contributed by atoms with Crippen molar-refractivity contribution in [1.29, 1.82) is 0 Å². The summed E-state index contributed by atoms with van der Waals surface area (Å²) in [6.07, 6.45) is -1.54. The smallest absolute Gasteiger partial charge is 0.416 e. The molecule has 19 heavy (non-hydrogen) atoms. The first-order valence-corrected chi connectivity index (χ1v) is 5.23. The van der Waals surface area contributed by atoms with Crippen LogP contribution in [0.1, 0.15) is 11.1 Å². The highest BCUT2D eigenvalue weighted by atomic mass is 19.4. The van der Waals surface area contributed by atoms with Crippen LogP contribution in [0, 0.1) is 0 Å². The molecule has 0 saturated heterocycles. The largest absolute Gasteiger partial charge is 0.854 e. The van der Waals surface area contributed by atoms with Crippen molar-refractivity contribution in [3.63, 3.8) is 0 Å². The molecule has 0 radical (unpaired) electrons. The van der Waals surface area contributed by atoms with Gasteiger partial charge in [-0.15, -0.1) is 0 Å². The minimum atomic E-state index is -4.42. The monoisotopic (exact) mass is 267 g/mol. The maximum atomic E-state index is 12.3. The van der Waals surface area contributed by atoms with Crippen molar-refractivity contribution < 1.29 is 23.1 Å². The molecule has 1 aromatic carbocycles. The predicted octanol–water partition coefficient (Wildman–Crippen LogP) is 0.958. The molecular formula is C12H8F3N3O. The van der Waals surface area contributed by atoms with Crippen LogP contribution in [0.2, 0.25) is 0 Å². The average Bonchev–Trinajstić information content (AvgIpc) is 2.39. The molecule has 0 amide bonds. The molecule has 98 valence electrons. The number of rotatable bonds is 2. The summed E-state index contributed by atoms with van der Waals surface area (Å²) in [5.74, 6) is -0.669. The van der Waals surface area contributed by atoms with Gasteiger partial charge in [-0.1, -0.05) is 12.1 Å². The second-order valence-electron chi connectivity index (χ2n) is 3.60. The molecule has 7 heteroatoms. The Balaban J connectivity index is 2.25. The molecule has 0 aliphatic carbocycles. The summed E-state index contributed by atoms with van der Waals surface area (Å²) in [5, 5.41) is 19.0. The van der Waals surface area contributed by atoms with E-state index in [9.17, 15) is 18.3 Å². The minimum Gasteiger partial charge on any atom is -0.854 e. The first-order chi connectivity index (χ1) is 8.97. The maximum absolute atomic E-state index is 12.3. The molecule has 0 aliphatic heterocycles. The van der Waals surface area contributed by atoms with E-state index in [0.29, 0.717) is 0 Å². The van der Waals surface area contributed by atoms with Crippen LogP contribution >= 0.6 is 0 Å². The Kier molecular flexibility index (Phi) is 3.46. The summed E-state index contributed by atoms with van der Waals surface area (Å²) in [5.41, 5.74) is -0.749. The molecule has 1 heterocycles. The van der Waals surface area contributed by atoms with Crippen molar-refractivity contribution in [1.82, 2.24) is 5.10 Å². The zero-order valence-corrected chi connectivity index (χ0v) is 9.50. The standard InChI is InChI=1S/C12H8F3N3O/c13-12(14,15)10-5-3-9(4-6-10)11(19)17-18-8-2-1-7-16-18/h1-8H. The van der Waals surface area contributed by atoms with Gasteiger partial charge in [0.05, 0.1) is 22.4 Å². The quantitative estimate of drug-likeness (QED) is 0.462. The molecule has 0 unspecified atom stereocenters. The molecular weight excluding hydrogens is 259 g/mol. The lowest BCUT2D eigenvalue weighted by Crippen LogP contribution is -2.36. The van der Waals surface area contributed by atoms with Gasteiger partial charge in [0, 0.05) is 16.3 Å². The zero-order valence-electron chi connectivity index (χ0n) is 9.50. The fourth-order valence-corrected chi connectivity index (χ4v) is 1.33. The van der Waals surface area contributed by atoms with Crippen LogP contribution in [0.4, 0.5) is 13.2 Å². The van der Waals surface area contributed by atoms with Gasteiger partial charge in [0.2, 0.25) is 6.20 Å². The summed E-state index contributed by atoms with van der Waals surface area (Å²) in [6, 6.07) is 7.11. The fraction of sp³-hybridized carbons (Fsp3) is 0.0833. The third-order valence-corrected chi connectivity index (χ3v) is 2.25. The van der Waals surface area contributed by atoms with Crippen molar-refractivity contribution in [2.45, 2.75) is 6.18 Å². The minimum absolute atomic E-state index is 0.0613.